The van der Waals surface area contributed by atoms with E-state index in [0.29, 0.717) is 16.8 Å². The summed E-state index contributed by atoms with van der Waals surface area (Å²) >= 11 is 0. The second kappa shape index (κ2) is 8.80. The number of carbonyl (C=O) groups is 2. The summed E-state index contributed by atoms with van der Waals surface area (Å²) in [6.07, 6.45) is 11.0. The van der Waals surface area contributed by atoms with Crippen LogP contribution in [-0.4, -0.2) is 51.5 Å². The minimum absolute atomic E-state index is 0.164. The number of nitrogens with one attached hydrogen (secondary N) is 3. The van der Waals surface area contributed by atoms with Crippen LogP contribution in [0, 0.1) is 0 Å². The Bertz CT molecular complexity index is 1240. The Kier molecular flexibility index (Phi) is 5.69. The molecule has 10 nitrogen and oxygen atoms in total. The lowest BCUT2D eigenvalue weighted by Crippen LogP contribution is -2.40. The van der Waals surface area contributed by atoms with E-state index < -0.39 is 6.04 Å². The second-order valence-electron chi connectivity index (χ2n) is 8.65. The molecule has 1 aromatic carbocycles. The van der Waals surface area contributed by atoms with Crippen LogP contribution in [0.1, 0.15) is 48.0 Å². The molecule has 2 aromatic heterocycles. The smallest absolute Gasteiger partial charge is 0.272 e. The molecule has 0 saturated heterocycles. The number of benzene rings is 1. The number of anilines is 1. The van der Waals surface area contributed by atoms with Gasteiger partial charge in [0, 0.05) is 41.0 Å². The first-order valence-corrected chi connectivity index (χ1v) is 11.2. The predicted molar refractivity (Wildman–Crippen MR) is 125 cm³/mol. The van der Waals surface area contributed by atoms with E-state index in [1.807, 2.05) is 13.2 Å². The van der Waals surface area contributed by atoms with Crippen molar-refractivity contribution in [2.24, 2.45) is 17.9 Å². The van der Waals surface area contributed by atoms with Gasteiger partial charge in [-0.3, -0.25) is 14.3 Å². The Morgan fingerprint density at radius 2 is 2.15 bits per heavy atom. The van der Waals surface area contributed by atoms with Gasteiger partial charge < -0.3 is 20.8 Å². The van der Waals surface area contributed by atoms with Crippen LogP contribution in [0.2, 0.25) is 0 Å². The molecule has 3 aromatic rings. The fourth-order valence-corrected chi connectivity index (χ4v) is 4.51. The van der Waals surface area contributed by atoms with Gasteiger partial charge in [-0.25, -0.2) is 5.43 Å². The number of ether oxygens (including phenoxy) is 1. The van der Waals surface area contributed by atoms with Crippen molar-refractivity contribution >= 4 is 34.6 Å². The van der Waals surface area contributed by atoms with Crippen molar-refractivity contribution in [2.75, 3.05) is 11.9 Å². The zero-order chi connectivity index (χ0) is 22.9. The number of aromatic amines is 1. The number of carbonyl (C=O) groups excluding carboxylic acids is 2. The number of hydrogen-bond donors (Lipinski definition) is 4. The van der Waals surface area contributed by atoms with Crippen LogP contribution >= 0.6 is 0 Å². The van der Waals surface area contributed by atoms with E-state index in [1.54, 1.807) is 29.2 Å². The summed E-state index contributed by atoms with van der Waals surface area (Å²) in [7, 11) is 1.84. The van der Waals surface area contributed by atoms with E-state index in [-0.39, 0.29) is 24.5 Å². The standard InChI is InChI=1S/C23H27N7O3/c1-30-11-13(9-26-30)21-17-10-25-29-22(31)16-7-14(8-19(28-21)20(16)17)27-23(32)18(24)12-33-15-5-3-2-4-6-15/h7-11,15,18,28H,2-6,12,24H2,1H3,(H,27,32)(H,29,31)/t18-/m1/s1. The fourth-order valence-electron chi connectivity index (χ4n) is 4.51. The number of nitrogens with zero attached hydrogens (tertiary/aromatic N) is 3. The lowest BCUT2D eigenvalue weighted by atomic mass is 9.98. The van der Waals surface area contributed by atoms with Gasteiger partial charge in [0.2, 0.25) is 5.91 Å². The second-order valence-corrected chi connectivity index (χ2v) is 8.65. The minimum Gasteiger partial charge on any atom is -0.376 e. The Labute approximate surface area is 190 Å². The topological polar surface area (TPSA) is 139 Å². The Balaban J connectivity index is 1.41. The molecule has 1 aliphatic carbocycles. The molecule has 3 heterocycles. The Hall–Kier alpha value is -3.50. The normalized spacial score (nSPS) is 17.1. The number of nitrogens with two attached hydrogens (primary N) is 1. The molecule has 5 rings (SSSR count). The van der Waals surface area contributed by atoms with Crippen molar-refractivity contribution in [3.8, 4) is 11.3 Å². The summed E-state index contributed by atoms with van der Waals surface area (Å²) in [5.74, 6) is -0.713. The maximum absolute atomic E-state index is 12.7. The zero-order valence-electron chi connectivity index (χ0n) is 18.4. The van der Waals surface area contributed by atoms with E-state index in [2.05, 4.69) is 25.9 Å². The van der Waals surface area contributed by atoms with E-state index in [1.165, 1.54) is 6.42 Å². The highest BCUT2D eigenvalue weighted by Crippen LogP contribution is 2.34. The van der Waals surface area contributed by atoms with Crippen molar-refractivity contribution in [3.05, 3.63) is 35.7 Å². The first-order valence-electron chi connectivity index (χ1n) is 11.2. The van der Waals surface area contributed by atoms with Gasteiger partial charge >= 0.3 is 0 Å². The van der Waals surface area contributed by atoms with Gasteiger partial charge in [0.25, 0.3) is 5.91 Å². The SMILES string of the molecule is Cn1cc(-c2[nH]c3cc(NC(=O)[C@H](N)COC4CCCCC4)cc4c3c2C=NNC4=O)cn1. The van der Waals surface area contributed by atoms with Crippen molar-refractivity contribution in [1.29, 1.82) is 0 Å². The Morgan fingerprint density at radius 3 is 2.91 bits per heavy atom. The molecule has 1 aliphatic heterocycles. The molecule has 0 spiro atoms. The third-order valence-electron chi connectivity index (χ3n) is 6.20. The van der Waals surface area contributed by atoms with Gasteiger partial charge in [-0.05, 0) is 25.0 Å². The van der Waals surface area contributed by atoms with Crippen LogP contribution in [0.3, 0.4) is 0 Å². The summed E-state index contributed by atoms with van der Waals surface area (Å²) < 4.78 is 7.55. The quantitative estimate of drug-likeness (QED) is 0.457. The lowest BCUT2D eigenvalue weighted by Gasteiger charge is -2.23. The van der Waals surface area contributed by atoms with E-state index >= 15 is 0 Å². The molecular weight excluding hydrogens is 422 g/mol. The number of amides is 2. The first-order chi connectivity index (χ1) is 16.0. The molecule has 1 saturated carbocycles. The number of H-pyrrole nitrogens is 1. The van der Waals surface area contributed by atoms with Gasteiger partial charge in [-0.15, -0.1) is 0 Å². The molecule has 1 atom stereocenters. The van der Waals surface area contributed by atoms with Crippen LogP contribution < -0.4 is 16.5 Å². The van der Waals surface area contributed by atoms with Crippen molar-refractivity contribution in [1.82, 2.24) is 20.2 Å². The molecule has 0 unspecified atom stereocenters. The maximum atomic E-state index is 12.7. The summed E-state index contributed by atoms with van der Waals surface area (Å²) in [6, 6.07) is 2.63. The first kappa shape index (κ1) is 21.4. The number of aromatic nitrogens is 3. The highest BCUT2D eigenvalue weighted by molar-refractivity contribution is 6.18. The summed E-state index contributed by atoms with van der Waals surface area (Å²) in [6.45, 7) is 0.164. The monoisotopic (exact) mass is 449 g/mol. The van der Waals surface area contributed by atoms with E-state index in [0.717, 1.165) is 47.9 Å². The number of hydrazone groups is 1. The molecule has 2 amide bonds. The van der Waals surface area contributed by atoms with Gasteiger partial charge in [0.05, 0.1) is 36.4 Å². The van der Waals surface area contributed by atoms with E-state index in [9.17, 15) is 9.59 Å². The van der Waals surface area contributed by atoms with Crippen LogP contribution in [0.25, 0.3) is 22.2 Å². The third-order valence-corrected chi connectivity index (χ3v) is 6.20. The average Bonchev–Trinajstić information content (AvgIpc) is 3.36. The molecule has 10 heteroatoms. The van der Waals surface area contributed by atoms with Gasteiger partial charge in [0.15, 0.2) is 0 Å². The average molecular weight is 450 g/mol. The number of rotatable bonds is 6. The molecule has 172 valence electrons. The number of aryl methyl sites for hydroxylation is 1. The third kappa shape index (κ3) is 4.27. The predicted octanol–water partition coefficient (Wildman–Crippen LogP) is 2.26. The van der Waals surface area contributed by atoms with Crippen LogP contribution in [0.4, 0.5) is 5.69 Å². The largest absolute Gasteiger partial charge is 0.376 e. The highest BCUT2D eigenvalue weighted by atomic mass is 16.5. The van der Waals surface area contributed by atoms with Crippen molar-refractivity contribution in [2.45, 2.75) is 44.2 Å². The molecule has 33 heavy (non-hydrogen) atoms. The molecule has 1 fully saturated rings. The molecular formula is C23H27N7O3. The van der Waals surface area contributed by atoms with Crippen LogP contribution in [0.5, 0.6) is 0 Å². The van der Waals surface area contributed by atoms with Crippen molar-refractivity contribution in [3.63, 3.8) is 0 Å². The fraction of sp³-hybridized carbons (Fsp3) is 0.391. The number of hydrogen-bond acceptors (Lipinski definition) is 6. The lowest BCUT2D eigenvalue weighted by molar-refractivity contribution is -0.119. The van der Waals surface area contributed by atoms with Gasteiger partial charge in [-0.2, -0.15) is 10.2 Å². The van der Waals surface area contributed by atoms with Gasteiger partial charge in [0.1, 0.15) is 6.04 Å². The summed E-state index contributed by atoms with van der Waals surface area (Å²) in [4.78, 5) is 28.7. The Morgan fingerprint density at radius 1 is 1.33 bits per heavy atom. The maximum Gasteiger partial charge on any atom is 0.272 e. The molecule has 2 aliphatic rings. The van der Waals surface area contributed by atoms with Crippen molar-refractivity contribution < 1.29 is 14.3 Å². The molecule has 0 radical (unpaired) electrons. The highest BCUT2D eigenvalue weighted by Gasteiger charge is 2.24. The minimum atomic E-state index is -0.802. The van der Waals surface area contributed by atoms with Crippen LogP contribution in [-0.2, 0) is 16.6 Å². The summed E-state index contributed by atoms with van der Waals surface area (Å²) in [5.41, 5.74) is 12.6. The van der Waals surface area contributed by atoms with Gasteiger partial charge in [-0.1, -0.05) is 19.3 Å². The molecule has 5 N–H and O–H groups in total. The van der Waals surface area contributed by atoms with Crippen LogP contribution in [0.15, 0.2) is 29.6 Å². The molecule has 0 bridgehead atoms. The van der Waals surface area contributed by atoms with E-state index in [4.69, 9.17) is 10.5 Å². The zero-order valence-corrected chi connectivity index (χ0v) is 18.4. The summed E-state index contributed by atoms with van der Waals surface area (Å²) in [5, 5.41) is 11.8.